The van der Waals surface area contributed by atoms with E-state index in [2.05, 4.69) is 19.1 Å². The molecule has 2 aliphatic heterocycles. The lowest BCUT2D eigenvalue weighted by Crippen LogP contribution is -2.43. The fourth-order valence-electron chi connectivity index (χ4n) is 6.37. The molecule has 2 amide bonds. The first-order valence-electron chi connectivity index (χ1n) is 14.5. The molecule has 2 aliphatic rings. The fraction of sp³-hybridized carbons (Fsp3) is 0.286. The van der Waals surface area contributed by atoms with Crippen LogP contribution in [0, 0.1) is 6.92 Å². The Morgan fingerprint density at radius 2 is 1.57 bits per heavy atom. The summed E-state index contributed by atoms with van der Waals surface area (Å²) in [5.74, 6) is -1.01. The quantitative estimate of drug-likeness (QED) is 0.353. The van der Waals surface area contributed by atoms with Gasteiger partial charge in [0.2, 0.25) is 5.91 Å². The van der Waals surface area contributed by atoms with Gasteiger partial charge in [-0.2, -0.15) is 0 Å². The van der Waals surface area contributed by atoms with Gasteiger partial charge in [-0.05, 0) is 72.7 Å². The highest BCUT2D eigenvalue weighted by Gasteiger charge is 2.32. The van der Waals surface area contributed by atoms with E-state index in [9.17, 15) is 19.5 Å². The fourth-order valence-corrected chi connectivity index (χ4v) is 6.37. The molecule has 0 saturated heterocycles. The molecule has 7 nitrogen and oxygen atoms in total. The van der Waals surface area contributed by atoms with Crippen LogP contribution >= 0.6 is 0 Å². The maximum Gasteiger partial charge on any atom is 0.337 e. The summed E-state index contributed by atoms with van der Waals surface area (Å²) in [6.07, 6.45) is 1.78. The molecule has 7 heteroatoms. The zero-order valence-corrected chi connectivity index (χ0v) is 24.3. The first kappa shape index (κ1) is 27.5. The molecule has 4 aromatic rings. The summed E-state index contributed by atoms with van der Waals surface area (Å²) in [7, 11) is 1.84. The summed E-state index contributed by atoms with van der Waals surface area (Å²) in [6.45, 7) is 5.41. The van der Waals surface area contributed by atoms with Crippen LogP contribution in [0.25, 0.3) is 11.3 Å². The molecule has 3 heterocycles. The van der Waals surface area contributed by atoms with Gasteiger partial charge in [0, 0.05) is 55.2 Å². The van der Waals surface area contributed by atoms with E-state index in [4.69, 9.17) is 0 Å². The zero-order valence-electron chi connectivity index (χ0n) is 24.3. The molecule has 0 spiro atoms. The number of rotatable bonds is 5. The molecule has 0 aliphatic carbocycles. The zero-order chi connectivity index (χ0) is 29.5. The molecule has 0 radical (unpaired) electrons. The van der Waals surface area contributed by atoms with Gasteiger partial charge >= 0.3 is 5.97 Å². The van der Waals surface area contributed by atoms with Crippen molar-refractivity contribution < 1.29 is 19.5 Å². The van der Waals surface area contributed by atoms with Crippen LogP contribution in [0.4, 0.5) is 0 Å². The highest BCUT2D eigenvalue weighted by atomic mass is 16.4. The molecule has 0 saturated carbocycles. The normalized spacial score (nSPS) is 16.1. The van der Waals surface area contributed by atoms with Crippen molar-refractivity contribution in [1.82, 2.24) is 14.4 Å². The van der Waals surface area contributed by atoms with E-state index < -0.39 is 5.97 Å². The molecule has 1 aromatic heterocycles. The number of fused-ring (bicyclic) bond motifs is 2. The molecule has 1 N–H and O–H groups in total. The van der Waals surface area contributed by atoms with Crippen molar-refractivity contribution in [2.75, 3.05) is 6.54 Å². The van der Waals surface area contributed by atoms with Crippen LogP contribution in [-0.4, -0.2) is 49.8 Å². The van der Waals surface area contributed by atoms with Gasteiger partial charge in [0.25, 0.3) is 5.91 Å². The summed E-state index contributed by atoms with van der Waals surface area (Å²) < 4.78 is 1.86. The van der Waals surface area contributed by atoms with Gasteiger partial charge in [-0.1, -0.05) is 54.6 Å². The number of aromatic nitrogens is 1. The van der Waals surface area contributed by atoms with E-state index in [1.807, 2.05) is 76.0 Å². The third-order valence-electron chi connectivity index (χ3n) is 8.94. The van der Waals surface area contributed by atoms with Gasteiger partial charge in [0.1, 0.15) is 0 Å². The lowest BCUT2D eigenvalue weighted by atomic mass is 9.89. The Bertz CT molecular complexity index is 1700. The molecular weight excluding hydrogens is 526 g/mol. The first-order chi connectivity index (χ1) is 20.2. The molecule has 0 fully saturated rings. The van der Waals surface area contributed by atoms with Crippen molar-refractivity contribution in [1.29, 1.82) is 0 Å². The average Bonchev–Trinajstić information content (AvgIpc) is 3.29. The predicted molar refractivity (Wildman–Crippen MR) is 161 cm³/mol. The Balaban J connectivity index is 1.40. The predicted octanol–water partition coefficient (Wildman–Crippen LogP) is 5.41. The molecule has 0 unspecified atom stereocenters. The van der Waals surface area contributed by atoms with Gasteiger partial charge in [-0.25, -0.2) is 4.79 Å². The van der Waals surface area contributed by atoms with Crippen LogP contribution in [-0.2, 0) is 44.2 Å². The number of benzene rings is 3. The van der Waals surface area contributed by atoms with Gasteiger partial charge in [-0.15, -0.1) is 0 Å². The number of carboxylic acids is 1. The Labute approximate surface area is 246 Å². The highest BCUT2D eigenvalue weighted by molar-refractivity contribution is 6.02. The molecule has 1 atom stereocenters. The Kier molecular flexibility index (Phi) is 7.19. The SMILES string of the molecule is Cc1c(C(=O)O)cc(-c2cc3c(cc2C(=O)N2Cc4ccccc4C[C@H]2C)CN(C(=O)Cc2ccccc2)CC3)n1C. The largest absolute Gasteiger partial charge is 0.478 e. The molecule has 3 aromatic carbocycles. The maximum absolute atomic E-state index is 14.4. The van der Waals surface area contributed by atoms with Crippen LogP contribution in [0.15, 0.2) is 72.8 Å². The minimum atomic E-state index is -0.992. The van der Waals surface area contributed by atoms with Crippen molar-refractivity contribution in [2.45, 2.75) is 52.2 Å². The van der Waals surface area contributed by atoms with Gasteiger partial charge < -0.3 is 19.5 Å². The van der Waals surface area contributed by atoms with Crippen LogP contribution < -0.4 is 0 Å². The Morgan fingerprint density at radius 1 is 0.857 bits per heavy atom. The number of amides is 2. The number of aromatic carboxylic acids is 1. The number of nitrogens with zero attached hydrogens (tertiary/aromatic N) is 3. The minimum Gasteiger partial charge on any atom is -0.478 e. The summed E-state index contributed by atoms with van der Waals surface area (Å²) in [6, 6.07) is 23.7. The van der Waals surface area contributed by atoms with Crippen molar-refractivity contribution in [3.63, 3.8) is 0 Å². The van der Waals surface area contributed by atoms with Crippen molar-refractivity contribution in [3.05, 3.63) is 117 Å². The molecule has 214 valence electrons. The third-order valence-corrected chi connectivity index (χ3v) is 8.94. The number of hydrogen-bond donors (Lipinski definition) is 1. The smallest absolute Gasteiger partial charge is 0.337 e. The van der Waals surface area contributed by atoms with E-state index in [0.29, 0.717) is 49.4 Å². The van der Waals surface area contributed by atoms with E-state index >= 15 is 0 Å². The number of carbonyl (C=O) groups is 3. The van der Waals surface area contributed by atoms with Crippen LogP contribution in [0.2, 0.25) is 0 Å². The third kappa shape index (κ3) is 5.00. The maximum atomic E-state index is 14.4. The van der Waals surface area contributed by atoms with Crippen LogP contribution in [0.3, 0.4) is 0 Å². The molecule has 6 rings (SSSR count). The van der Waals surface area contributed by atoms with Crippen molar-refractivity contribution in [3.8, 4) is 11.3 Å². The van der Waals surface area contributed by atoms with Crippen LogP contribution in [0.5, 0.6) is 0 Å². The highest BCUT2D eigenvalue weighted by Crippen LogP contribution is 2.35. The lowest BCUT2D eigenvalue weighted by Gasteiger charge is -2.36. The summed E-state index contributed by atoms with van der Waals surface area (Å²) in [5.41, 5.74) is 8.24. The van der Waals surface area contributed by atoms with Gasteiger partial charge in [-0.3, -0.25) is 9.59 Å². The monoisotopic (exact) mass is 561 g/mol. The molecule has 42 heavy (non-hydrogen) atoms. The lowest BCUT2D eigenvalue weighted by molar-refractivity contribution is -0.131. The van der Waals surface area contributed by atoms with Crippen molar-refractivity contribution in [2.24, 2.45) is 7.05 Å². The standard InChI is InChI=1S/C35H35N3O4/c1-22-15-25-11-7-8-12-27(25)21-38(22)34(40)31-18-28-20-37(33(39)16-24-9-5-4-6-10-24)14-13-26(28)17-30(31)32-19-29(35(41)42)23(2)36(32)3/h4-12,17-19,22H,13-16,20-21H2,1-3H3,(H,41,42)/t22-/m1/s1. The Morgan fingerprint density at radius 3 is 2.29 bits per heavy atom. The number of carbonyl (C=O) groups excluding carboxylic acids is 2. The second-order valence-corrected chi connectivity index (χ2v) is 11.5. The van der Waals surface area contributed by atoms with E-state index in [1.54, 1.807) is 13.0 Å². The molecule has 0 bridgehead atoms. The van der Waals surface area contributed by atoms with E-state index in [1.165, 1.54) is 5.56 Å². The summed E-state index contributed by atoms with van der Waals surface area (Å²) in [5, 5.41) is 9.81. The minimum absolute atomic E-state index is 0.00459. The number of carboxylic acid groups (broad SMARTS) is 1. The second kappa shape index (κ2) is 11.0. The number of hydrogen-bond acceptors (Lipinski definition) is 3. The van der Waals surface area contributed by atoms with Gasteiger partial charge in [0.05, 0.1) is 12.0 Å². The average molecular weight is 562 g/mol. The molecular formula is C35H35N3O4. The van der Waals surface area contributed by atoms with E-state index in [0.717, 1.165) is 34.2 Å². The van der Waals surface area contributed by atoms with Gasteiger partial charge in [0.15, 0.2) is 0 Å². The van der Waals surface area contributed by atoms with Crippen LogP contribution in [0.1, 0.15) is 61.2 Å². The first-order valence-corrected chi connectivity index (χ1v) is 14.5. The summed E-state index contributed by atoms with van der Waals surface area (Å²) in [4.78, 5) is 43.4. The second-order valence-electron chi connectivity index (χ2n) is 11.5. The Hall–Kier alpha value is -4.65. The van der Waals surface area contributed by atoms with E-state index in [-0.39, 0.29) is 23.4 Å². The van der Waals surface area contributed by atoms with Crippen molar-refractivity contribution >= 4 is 17.8 Å². The summed E-state index contributed by atoms with van der Waals surface area (Å²) >= 11 is 0. The topological polar surface area (TPSA) is 82.8 Å².